The van der Waals surface area contributed by atoms with Crippen LogP contribution in [0.5, 0.6) is 11.5 Å². The van der Waals surface area contributed by atoms with E-state index in [-0.39, 0.29) is 6.42 Å². The Morgan fingerprint density at radius 2 is 1.57 bits per heavy atom. The fraction of sp³-hybridized carbons (Fsp3) is 0.500. The lowest BCUT2D eigenvalue weighted by atomic mass is 10.1. The minimum Gasteiger partial charge on any atom is -0.497 e. The van der Waals surface area contributed by atoms with E-state index in [1.54, 1.807) is 23.5 Å². The number of methoxy groups -OCH3 is 2. The number of carbonyl (C=O) groups is 1. The zero-order chi connectivity index (χ0) is 17.8. The van der Waals surface area contributed by atoms with Gasteiger partial charge in [0.1, 0.15) is 11.5 Å². The Kier molecular flexibility index (Phi) is 5.79. The van der Waals surface area contributed by atoms with E-state index < -0.39 is 24.0 Å². The zero-order valence-corrected chi connectivity index (χ0v) is 12.6. The highest BCUT2D eigenvalue weighted by atomic mass is 19.4. The van der Waals surface area contributed by atoms with Crippen molar-refractivity contribution in [1.29, 1.82) is 0 Å². The number of nitrogens with one attached hydrogen (secondary N) is 1. The van der Waals surface area contributed by atoms with Gasteiger partial charge in [-0.2, -0.15) is 22.0 Å². The molecule has 0 radical (unpaired) electrons. The number of halogens is 5. The lowest BCUT2D eigenvalue weighted by Crippen LogP contribution is -2.52. The summed E-state index contributed by atoms with van der Waals surface area (Å²) in [7, 11) is 2.82. The molecule has 0 heterocycles. The van der Waals surface area contributed by atoms with E-state index in [1.807, 2.05) is 0 Å². The van der Waals surface area contributed by atoms with Crippen LogP contribution >= 0.6 is 0 Å². The number of amides is 1. The summed E-state index contributed by atoms with van der Waals surface area (Å²) in [6, 6.07) is 3.75. The normalized spacial score (nSPS) is 13.4. The summed E-state index contributed by atoms with van der Waals surface area (Å²) in [6.07, 6.45) is -5.91. The van der Waals surface area contributed by atoms with Crippen LogP contribution in [0.4, 0.5) is 22.0 Å². The number of rotatable bonds is 6. The summed E-state index contributed by atoms with van der Waals surface area (Å²) < 4.78 is 72.2. The van der Waals surface area contributed by atoms with Crippen LogP contribution in [0.15, 0.2) is 18.2 Å². The lowest BCUT2D eigenvalue weighted by molar-refractivity contribution is -0.270. The predicted molar refractivity (Wildman–Crippen MR) is 71.9 cm³/mol. The predicted octanol–water partition coefficient (Wildman–Crippen LogP) is 2.95. The van der Waals surface area contributed by atoms with Crippen molar-refractivity contribution in [1.82, 2.24) is 5.32 Å². The summed E-state index contributed by atoms with van der Waals surface area (Å²) in [5, 5.41) is 1.66. The Balaban J connectivity index is 2.81. The molecular formula is C14H16F5NO3. The molecule has 23 heavy (non-hydrogen) atoms. The van der Waals surface area contributed by atoms with Gasteiger partial charge in [0.05, 0.1) is 14.2 Å². The molecule has 0 saturated heterocycles. The zero-order valence-electron chi connectivity index (χ0n) is 12.6. The fourth-order valence-electron chi connectivity index (χ4n) is 1.83. The second-order valence-electron chi connectivity index (χ2n) is 4.87. The van der Waals surface area contributed by atoms with Gasteiger partial charge in [0, 0.05) is 12.1 Å². The Hall–Kier alpha value is -2.06. The maximum atomic E-state index is 12.9. The van der Waals surface area contributed by atoms with Crippen LogP contribution in [0, 0.1) is 0 Å². The molecule has 1 unspecified atom stereocenters. The quantitative estimate of drug-likeness (QED) is 0.810. The minimum absolute atomic E-state index is 0.0211. The van der Waals surface area contributed by atoms with Gasteiger partial charge in [-0.15, -0.1) is 0 Å². The molecule has 130 valence electrons. The molecule has 1 aromatic rings. The molecule has 1 aromatic carbocycles. The largest absolute Gasteiger partial charge is 0.497 e. The number of carbonyl (C=O) groups excluding carboxylic acids is 1. The molecule has 0 saturated carbocycles. The van der Waals surface area contributed by atoms with Gasteiger partial charge in [0.2, 0.25) is 0 Å². The summed E-state index contributed by atoms with van der Waals surface area (Å²) in [5.74, 6) is -6.96. The average Bonchev–Trinajstić information content (AvgIpc) is 2.45. The third-order valence-electron chi connectivity index (χ3n) is 2.97. The molecule has 0 aliphatic rings. The average molecular weight is 341 g/mol. The highest BCUT2D eigenvalue weighted by molar-refractivity contribution is 5.84. The van der Waals surface area contributed by atoms with Crippen molar-refractivity contribution in [2.75, 3.05) is 14.2 Å². The van der Waals surface area contributed by atoms with Gasteiger partial charge in [-0.25, -0.2) is 0 Å². The first-order valence-corrected chi connectivity index (χ1v) is 6.48. The van der Waals surface area contributed by atoms with E-state index in [9.17, 15) is 26.7 Å². The first-order valence-electron chi connectivity index (χ1n) is 6.48. The molecule has 1 atom stereocenters. The highest BCUT2D eigenvalue weighted by Gasteiger charge is 2.63. The van der Waals surface area contributed by atoms with E-state index in [4.69, 9.17) is 9.47 Å². The van der Waals surface area contributed by atoms with Crippen LogP contribution < -0.4 is 14.8 Å². The van der Waals surface area contributed by atoms with Gasteiger partial charge in [-0.05, 0) is 31.0 Å². The number of hydrogen-bond acceptors (Lipinski definition) is 3. The van der Waals surface area contributed by atoms with Crippen molar-refractivity contribution in [2.45, 2.75) is 31.5 Å². The van der Waals surface area contributed by atoms with Crippen LogP contribution in [0.3, 0.4) is 0 Å². The first-order chi connectivity index (χ1) is 10.5. The summed E-state index contributed by atoms with van der Waals surface area (Å²) in [6.45, 7) is 1.32. The van der Waals surface area contributed by atoms with Crippen molar-refractivity contribution in [2.24, 2.45) is 0 Å². The van der Waals surface area contributed by atoms with E-state index in [0.717, 1.165) is 0 Å². The molecule has 0 bridgehead atoms. The number of benzene rings is 1. The van der Waals surface area contributed by atoms with Crippen LogP contribution in [0.2, 0.25) is 0 Å². The molecule has 0 aliphatic heterocycles. The summed E-state index contributed by atoms with van der Waals surface area (Å²) in [5.41, 5.74) is 0.546. The van der Waals surface area contributed by atoms with Crippen LogP contribution in [-0.2, 0) is 11.2 Å². The lowest BCUT2D eigenvalue weighted by Gasteiger charge is -2.21. The van der Waals surface area contributed by atoms with Crippen LogP contribution in [0.1, 0.15) is 12.5 Å². The Labute approximate surface area is 129 Å². The number of alkyl halides is 5. The third-order valence-corrected chi connectivity index (χ3v) is 2.97. The molecule has 1 N–H and O–H groups in total. The SMILES string of the molecule is COc1cc(CC(C)NC(=O)C(F)(F)C(F)(F)F)cc(OC)c1. The molecule has 4 nitrogen and oxygen atoms in total. The van der Waals surface area contributed by atoms with Crippen LogP contribution in [0.25, 0.3) is 0 Å². The standard InChI is InChI=1S/C14H16F5NO3/c1-8(20-12(21)13(15,16)14(17,18)19)4-9-5-10(22-2)7-11(6-9)23-3/h5-8H,4H2,1-3H3,(H,20,21). The van der Waals surface area contributed by atoms with Crippen molar-refractivity contribution >= 4 is 5.91 Å². The maximum Gasteiger partial charge on any atom is 0.463 e. The van der Waals surface area contributed by atoms with Crippen molar-refractivity contribution < 1.29 is 36.2 Å². The second kappa shape index (κ2) is 7.01. The minimum atomic E-state index is -5.93. The van der Waals surface area contributed by atoms with Crippen molar-refractivity contribution in [3.05, 3.63) is 23.8 Å². The van der Waals surface area contributed by atoms with E-state index >= 15 is 0 Å². The Bertz CT molecular complexity index is 538. The topological polar surface area (TPSA) is 47.6 Å². The number of ether oxygens (including phenoxy) is 2. The van der Waals surface area contributed by atoms with Gasteiger partial charge in [0.15, 0.2) is 0 Å². The van der Waals surface area contributed by atoms with Gasteiger partial charge in [-0.3, -0.25) is 4.79 Å². The second-order valence-corrected chi connectivity index (χ2v) is 4.87. The van der Waals surface area contributed by atoms with E-state index in [1.165, 1.54) is 21.1 Å². The highest BCUT2D eigenvalue weighted by Crippen LogP contribution is 2.35. The van der Waals surface area contributed by atoms with E-state index in [0.29, 0.717) is 17.1 Å². The first kappa shape index (κ1) is 19.0. The van der Waals surface area contributed by atoms with Crippen LogP contribution in [-0.4, -0.2) is 38.3 Å². The van der Waals surface area contributed by atoms with Crippen molar-refractivity contribution in [3.63, 3.8) is 0 Å². The summed E-state index contributed by atoms with van der Waals surface area (Å²) in [4.78, 5) is 11.1. The third kappa shape index (κ3) is 4.70. The smallest absolute Gasteiger partial charge is 0.463 e. The van der Waals surface area contributed by atoms with Crippen molar-refractivity contribution in [3.8, 4) is 11.5 Å². The summed E-state index contributed by atoms with van der Waals surface area (Å²) >= 11 is 0. The molecule has 0 spiro atoms. The molecule has 9 heteroatoms. The Morgan fingerprint density at radius 3 is 1.96 bits per heavy atom. The number of hydrogen-bond donors (Lipinski definition) is 1. The monoisotopic (exact) mass is 341 g/mol. The molecular weight excluding hydrogens is 325 g/mol. The van der Waals surface area contributed by atoms with Gasteiger partial charge in [-0.1, -0.05) is 0 Å². The maximum absolute atomic E-state index is 12.9. The van der Waals surface area contributed by atoms with Gasteiger partial charge in [0.25, 0.3) is 0 Å². The fourth-order valence-corrected chi connectivity index (χ4v) is 1.83. The van der Waals surface area contributed by atoms with Gasteiger partial charge >= 0.3 is 18.0 Å². The molecule has 0 aliphatic carbocycles. The molecule has 1 rings (SSSR count). The molecule has 0 fully saturated rings. The van der Waals surface area contributed by atoms with Gasteiger partial charge < -0.3 is 14.8 Å². The van der Waals surface area contributed by atoms with E-state index in [2.05, 4.69) is 0 Å². The molecule has 1 amide bonds. The molecule has 0 aromatic heterocycles. The Morgan fingerprint density at radius 1 is 1.09 bits per heavy atom.